The molecule has 2 rings (SSSR count). The zero-order chi connectivity index (χ0) is 12.8. The van der Waals surface area contributed by atoms with Gasteiger partial charge in [-0.1, -0.05) is 0 Å². The van der Waals surface area contributed by atoms with Crippen molar-refractivity contribution >= 4 is 15.9 Å². The number of hydrogen-bond donors (Lipinski definition) is 1. The number of nitrogens with two attached hydrogens (primary N) is 1. The van der Waals surface area contributed by atoms with Gasteiger partial charge >= 0.3 is 0 Å². The van der Waals surface area contributed by atoms with Gasteiger partial charge in [-0.3, -0.25) is 0 Å². The van der Waals surface area contributed by atoms with Crippen molar-refractivity contribution in [1.29, 1.82) is 0 Å². The molecule has 92 valence electrons. The summed E-state index contributed by atoms with van der Waals surface area (Å²) in [6, 6.07) is 4.99. The van der Waals surface area contributed by atoms with Crippen LogP contribution in [0.3, 0.4) is 0 Å². The topological polar surface area (TPSA) is 69.4 Å². The summed E-state index contributed by atoms with van der Waals surface area (Å²) < 4.78 is 29.6. The Kier molecular flexibility index (Phi) is 2.56. The van der Waals surface area contributed by atoms with Crippen LogP contribution in [0.2, 0.25) is 0 Å². The van der Waals surface area contributed by atoms with Crippen molar-refractivity contribution in [3.8, 4) is 5.75 Å². The largest absolute Gasteiger partial charge is 0.497 e. The van der Waals surface area contributed by atoms with E-state index in [1.165, 1.54) is 13.2 Å². The van der Waals surface area contributed by atoms with E-state index in [4.69, 9.17) is 10.5 Å². The molecule has 0 bridgehead atoms. The lowest BCUT2D eigenvalue weighted by Crippen LogP contribution is -2.36. The fourth-order valence-corrected chi connectivity index (χ4v) is 3.78. The zero-order valence-corrected chi connectivity index (χ0v) is 10.8. The van der Waals surface area contributed by atoms with Crippen LogP contribution < -0.4 is 10.5 Å². The Balaban J connectivity index is 2.65. The highest BCUT2D eigenvalue weighted by Gasteiger charge is 2.37. The lowest BCUT2D eigenvalue weighted by atomic mass is 10.0. The van der Waals surface area contributed by atoms with Crippen molar-refractivity contribution in [3.63, 3.8) is 0 Å². The summed E-state index contributed by atoms with van der Waals surface area (Å²) in [5.41, 5.74) is 5.67. The molecular formula is C12H15NO3S. The average molecular weight is 253 g/mol. The molecule has 0 saturated carbocycles. The smallest absolute Gasteiger partial charge is 0.205 e. The molecule has 0 spiro atoms. The third-order valence-electron chi connectivity index (χ3n) is 2.72. The van der Waals surface area contributed by atoms with E-state index in [2.05, 4.69) is 0 Å². The molecule has 0 unspecified atom stereocenters. The third-order valence-corrected chi connectivity index (χ3v) is 4.88. The van der Waals surface area contributed by atoms with Gasteiger partial charge < -0.3 is 10.5 Å². The van der Waals surface area contributed by atoms with Gasteiger partial charge in [0.2, 0.25) is 9.84 Å². The Morgan fingerprint density at radius 3 is 2.47 bits per heavy atom. The van der Waals surface area contributed by atoms with Crippen LogP contribution >= 0.6 is 0 Å². The highest BCUT2D eigenvalue weighted by Crippen LogP contribution is 2.38. The lowest BCUT2D eigenvalue weighted by molar-refractivity contribution is 0.413. The molecule has 1 aromatic rings. The summed E-state index contributed by atoms with van der Waals surface area (Å²) in [6.07, 6.45) is 1.63. The predicted molar refractivity (Wildman–Crippen MR) is 66.4 cm³/mol. The molecule has 5 heteroatoms. The minimum atomic E-state index is -3.48. The molecule has 17 heavy (non-hydrogen) atoms. The van der Waals surface area contributed by atoms with Gasteiger partial charge in [0.1, 0.15) is 5.75 Å². The van der Waals surface area contributed by atoms with E-state index in [0.29, 0.717) is 11.3 Å². The summed E-state index contributed by atoms with van der Waals surface area (Å²) in [5.74, 6) is 0.525. The van der Waals surface area contributed by atoms with Gasteiger partial charge in [-0.2, -0.15) is 0 Å². The van der Waals surface area contributed by atoms with E-state index >= 15 is 0 Å². The highest BCUT2D eigenvalue weighted by molar-refractivity contribution is 7.96. The van der Waals surface area contributed by atoms with Crippen LogP contribution in [-0.2, 0) is 9.84 Å². The number of hydrogen-bond acceptors (Lipinski definition) is 4. The van der Waals surface area contributed by atoms with Crippen molar-refractivity contribution in [3.05, 3.63) is 28.7 Å². The molecule has 1 aliphatic heterocycles. The van der Waals surface area contributed by atoms with Crippen LogP contribution in [0.1, 0.15) is 19.4 Å². The Bertz CT molecular complexity index is 595. The maximum atomic E-state index is 12.3. The van der Waals surface area contributed by atoms with Crippen LogP contribution in [0.15, 0.2) is 28.0 Å². The fraction of sp³-hybridized carbons (Fsp3) is 0.333. The fourth-order valence-electron chi connectivity index (χ4n) is 1.86. The Hall–Kier alpha value is -1.33. The Morgan fingerprint density at radius 2 is 1.94 bits per heavy atom. The molecule has 1 aliphatic rings. The maximum Gasteiger partial charge on any atom is 0.205 e. The second-order valence-corrected chi connectivity index (χ2v) is 6.52. The second kappa shape index (κ2) is 3.58. The van der Waals surface area contributed by atoms with Crippen LogP contribution in [0.4, 0.5) is 0 Å². The van der Waals surface area contributed by atoms with Crippen molar-refractivity contribution < 1.29 is 13.2 Å². The first-order chi connectivity index (χ1) is 7.76. The zero-order valence-electron chi connectivity index (χ0n) is 10.0. The van der Waals surface area contributed by atoms with Gasteiger partial charge in [0.15, 0.2) is 0 Å². The van der Waals surface area contributed by atoms with Gasteiger partial charge in [0.05, 0.1) is 16.9 Å². The van der Waals surface area contributed by atoms with E-state index in [-0.39, 0.29) is 9.80 Å². The molecule has 0 fully saturated rings. The normalized spacial score (nSPS) is 17.5. The standard InChI is InChI=1S/C12H15NO3S/c1-12(2,13)11-6-8-4-5-9(16-3)7-10(8)17(11,14)15/h4-7H,13H2,1-3H3. The molecule has 0 radical (unpaired) electrons. The van der Waals surface area contributed by atoms with Gasteiger partial charge in [-0.15, -0.1) is 0 Å². The summed E-state index contributed by atoms with van der Waals surface area (Å²) in [7, 11) is -1.98. The van der Waals surface area contributed by atoms with Crippen LogP contribution in [0, 0.1) is 0 Å². The average Bonchev–Trinajstić information content (AvgIpc) is 2.50. The number of benzene rings is 1. The Morgan fingerprint density at radius 1 is 1.29 bits per heavy atom. The first-order valence-electron chi connectivity index (χ1n) is 5.21. The monoisotopic (exact) mass is 253 g/mol. The van der Waals surface area contributed by atoms with Gasteiger partial charge in [-0.05, 0) is 43.7 Å². The number of rotatable bonds is 2. The van der Waals surface area contributed by atoms with Crippen molar-refractivity contribution in [2.24, 2.45) is 5.73 Å². The first kappa shape index (κ1) is 12.1. The Labute approximate surface area is 101 Å². The third kappa shape index (κ3) is 1.85. The number of fused-ring (bicyclic) bond motifs is 1. The van der Waals surface area contributed by atoms with Crippen molar-refractivity contribution in [2.45, 2.75) is 24.3 Å². The number of methoxy groups -OCH3 is 1. The van der Waals surface area contributed by atoms with E-state index in [1.54, 1.807) is 32.1 Å². The number of ether oxygens (including phenoxy) is 1. The summed E-state index contributed by atoms with van der Waals surface area (Å²) in [5, 5.41) is 0. The van der Waals surface area contributed by atoms with E-state index in [0.717, 1.165) is 0 Å². The van der Waals surface area contributed by atoms with Crippen LogP contribution in [0.5, 0.6) is 5.75 Å². The quantitative estimate of drug-likeness (QED) is 0.868. The molecule has 0 amide bonds. The lowest BCUT2D eigenvalue weighted by Gasteiger charge is -2.19. The molecule has 0 aromatic heterocycles. The van der Waals surface area contributed by atoms with Crippen molar-refractivity contribution in [2.75, 3.05) is 7.11 Å². The van der Waals surface area contributed by atoms with Crippen molar-refractivity contribution in [1.82, 2.24) is 0 Å². The molecule has 0 aliphatic carbocycles. The van der Waals surface area contributed by atoms with Crippen LogP contribution in [0.25, 0.3) is 6.08 Å². The van der Waals surface area contributed by atoms with E-state index in [1.807, 2.05) is 0 Å². The SMILES string of the molecule is COc1ccc2c(c1)S(=O)(=O)C(C(C)(C)N)=C2. The number of sulfone groups is 1. The van der Waals surface area contributed by atoms with Crippen LogP contribution in [-0.4, -0.2) is 21.1 Å². The molecule has 2 N–H and O–H groups in total. The maximum absolute atomic E-state index is 12.3. The minimum Gasteiger partial charge on any atom is -0.497 e. The first-order valence-corrected chi connectivity index (χ1v) is 6.69. The molecule has 4 nitrogen and oxygen atoms in total. The van der Waals surface area contributed by atoms with Gasteiger partial charge in [0, 0.05) is 5.54 Å². The highest BCUT2D eigenvalue weighted by atomic mass is 32.2. The van der Waals surface area contributed by atoms with E-state index in [9.17, 15) is 8.42 Å². The summed E-state index contributed by atoms with van der Waals surface area (Å²) in [6.45, 7) is 3.36. The molecular weight excluding hydrogens is 238 g/mol. The summed E-state index contributed by atoms with van der Waals surface area (Å²) >= 11 is 0. The van der Waals surface area contributed by atoms with E-state index < -0.39 is 15.4 Å². The summed E-state index contributed by atoms with van der Waals surface area (Å²) in [4.78, 5) is 0.513. The molecule has 1 aromatic carbocycles. The van der Waals surface area contributed by atoms with Gasteiger partial charge in [-0.25, -0.2) is 8.42 Å². The molecule has 1 heterocycles. The minimum absolute atomic E-state index is 0.244. The second-order valence-electron chi connectivity index (χ2n) is 4.64. The van der Waals surface area contributed by atoms with Gasteiger partial charge in [0.25, 0.3) is 0 Å². The molecule has 0 saturated heterocycles. The predicted octanol–water partition coefficient (Wildman–Crippen LogP) is 1.56. The molecule has 0 atom stereocenters.